The van der Waals surface area contributed by atoms with Crippen LogP contribution in [-0.4, -0.2) is 24.1 Å². The van der Waals surface area contributed by atoms with Crippen molar-refractivity contribution in [3.05, 3.63) is 108 Å². The van der Waals surface area contributed by atoms with Gasteiger partial charge in [-0.25, -0.2) is 0 Å². The van der Waals surface area contributed by atoms with E-state index < -0.39 is 0 Å². The van der Waals surface area contributed by atoms with Crippen LogP contribution in [0.5, 0.6) is 0 Å². The molecule has 1 atom stereocenters. The van der Waals surface area contributed by atoms with Gasteiger partial charge in [-0.15, -0.1) is 0 Å². The number of rotatable bonds is 6. The van der Waals surface area contributed by atoms with E-state index in [1.165, 1.54) is 16.7 Å². The van der Waals surface area contributed by atoms with Crippen molar-refractivity contribution in [2.45, 2.75) is 25.2 Å². The van der Waals surface area contributed by atoms with Crippen molar-refractivity contribution >= 4 is 0 Å². The summed E-state index contributed by atoms with van der Waals surface area (Å²) in [5.41, 5.74) is 3.82. The van der Waals surface area contributed by atoms with Crippen LogP contribution in [0.2, 0.25) is 0 Å². The number of benzene rings is 3. The van der Waals surface area contributed by atoms with Crippen LogP contribution in [0.3, 0.4) is 0 Å². The average molecular weight is 343 g/mol. The zero-order valence-electron chi connectivity index (χ0n) is 15.0. The Morgan fingerprint density at radius 3 is 1.88 bits per heavy atom. The lowest BCUT2D eigenvalue weighted by Crippen LogP contribution is -2.24. The first kappa shape index (κ1) is 17.0. The van der Waals surface area contributed by atoms with E-state index in [2.05, 4.69) is 95.9 Å². The SMILES string of the molecule is c1ccc(CN2CCC(OC(c3ccccc3)c3ccccc3)C2)cc1. The van der Waals surface area contributed by atoms with E-state index >= 15 is 0 Å². The van der Waals surface area contributed by atoms with Gasteiger partial charge in [0, 0.05) is 19.6 Å². The van der Waals surface area contributed by atoms with E-state index in [4.69, 9.17) is 4.74 Å². The second-order valence-electron chi connectivity index (χ2n) is 6.97. The number of likely N-dealkylation sites (tertiary alicyclic amines) is 1. The fourth-order valence-corrected chi connectivity index (χ4v) is 3.69. The highest BCUT2D eigenvalue weighted by atomic mass is 16.5. The highest BCUT2D eigenvalue weighted by molar-refractivity contribution is 5.30. The lowest BCUT2D eigenvalue weighted by Gasteiger charge is -2.23. The topological polar surface area (TPSA) is 12.5 Å². The molecule has 1 saturated heterocycles. The molecule has 0 spiro atoms. The van der Waals surface area contributed by atoms with Crippen LogP contribution in [0.1, 0.15) is 29.2 Å². The van der Waals surface area contributed by atoms with Gasteiger partial charge >= 0.3 is 0 Å². The van der Waals surface area contributed by atoms with Gasteiger partial charge in [-0.1, -0.05) is 91.0 Å². The van der Waals surface area contributed by atoms with Gasteiger partial charge in [0.15, 0.2) is 0 Å². The zero-order valence-corrected chi connectivity index (χ0v) is 15.0. The van der Waals surface area contributed by atoms with Gasteiger partial charge in [-0.2, -0.15) is 0 Å². The van der Waals surface area contributed by atoms with Crippen molar-refractivity contribution in [3.8, 4) is 0 Å². The lowest BCUT2D eigenvalue weighted by atomic mass is 10.0. The van der Waals surface area contributed by atoms with Crippen LogP contribution in [0.4, 0.5) is 0 Å². The third kappa shape index (κ3) is 4.21. The molecule has 0 radical (unpaired) electrons. The molecule has 4 rings (SSSR count). The molecule has 3 aromatic carbocycles. The number of ether oxygens (including phenoxy) is 1. The summed E-state index contributed by atoms with van der Waals surface area (Å²) in [5, 5.41) is 0. The fraction of sp³-hybridized carbons (Fsp3) is 0.250. The molecule has 0 aromatic heterocycles. The van der Waals surface area contributed by atoms with Crippen molar-refractivity contribution in [1.29, 1.82) is 0 Å². The van der Waals surface area contributed by atoms with Crippen molar-refractivity contribution in [2.75, 3.05) is 13.1 Å². The summed E-state index contributed by atoms with van der Waals surface area (Å²) in [4.78, 5) is 2.49. The summed E-state index contributed by atoms with van der Waals surface area (Å²) in [6.45, 7) is 3.09. The Labute approximate surface area is 156 Å². The summed E-state index contributed by atoms with van der Waals surface area (Å²) >= 11 is 0. The van der Waals surface area contributed by atoms with Crippen LogP contribution < -0.4 is 0 Å². The minimum atomic E-state index is -0.000856. The number of hydrogen-bond donors (Lipinski definition) is 0. The summed E-state index contributed by atoms with van der Waals surface area (Å²) < 4.78 is 6.61. The molecular weight excluding hydrogens is 318 g/mol. The summed E-state index contributed by atoms with van der Waals surface area (Å²) in [6.07, 6.45) is 1.35. The Morgan fingerprint density at radius 1 is 0.769 bits per heavy atom. The molecule has 26 heavy (non-hydrogen) atoms. The van der Waals surface area contributed by atoms with E-state index in [-0.39, 0.29) is 12.2 Å². The first-order valence-corrected chi connectivity index (χ1v) is 9.40. The van der Waals surface area contributed by atoms with Gasteiger partial charge < -0.3 is 4.74 Å². The zero-order chi connectivity index (χ0) is 17.6. The predicted octanol–water partition coefficient (Wildman–Crippen LogP) is 5.07. The van der Waals surface area contributed by atoms with Gasteiger partial charge in [0.1, 0.15) is 6.10 Å². The van der Waals surface area contributed by atoms with Crippen LogP contribution in [0, 0.1) is 0 Å². The molecule has 0 saturated carbocycles. The smallest absolute Gasteiger partial charge is 0.108 e. The minimum absolute atomic E-state index is 0.000856. The van der Waals surface area contributed by atoms with Gasteiger partial charge in [-0.3, -0.25) is 4.90 Å². The normalized spacial score (nSPS) is 17.7. The Kier molecular flexibility index (Phi) is 5.44. The fourth-order valence-electron chi connectivity index (χ4n) is 3.69. The van der Waals surface area contributed by atoms with Crippen LogP contribution >= 0.6 is 0 Å². The molecule has 3 aromatic rings. The third-order valence-electron chi connectivity index (χ3n) is 5.01. The second-order valence-corrected chi connectivity index (χ2v) is 6.97. The molecule has 1 fully saturated rings. The standard InChI is InChI=1S/C24H25NO/c1-4-10-20(11-5-1)18-25-17-16-23(19-25)26-24(21-12-6-2-7-13-21)22-14-8-3-9-15-22/h1-15,23-24H,16-19H2. The molecule has 2 heteroatoms. The molecule has 0 bridgehead atoms. The van der Waals surface area contributed by atoms with Crippen molar-refractivity contribution in [3.63, 3.8) is 0 Å². The first-order valence-electron chi connectivity index (χ1n) is 9.40. The molecule has 0 aliphatic carbocycles. The van der Waals surface area contributed by atoms with E-state index in [9.17, 15) is 0 Å². The molecule has 1 aliphatic heterocycles. The summed E-state index contributed by atoms with van der Waals surface area (Å²) in [5.74, 6) is 0. The molecule has 0 N–H and O–H groups in total. The van der Waals surface area contributed by atoms with Gasteiger partial charge in [0.25, 0.3) is 0 Å². The first-order chi connectivity index (χ1) is 12.9. The maximum Gasteiger partial charge on any atom is 0.108 e. The lowest BCUT2D eigenvalue weighted by molar-refractivity contribution is 0.0139. The van der Waals surface area contributed by atoms with Crippen LogP contribution in [-0.2, 0) is 11.3 Å². The number of nitrogens with zero attached hydrogens (tertiary/aromatic N) is 1. The third-order valence-corrected chi connectivity index (χ3v) is 5.01. The largest absolute Gasteiger partial charge is 0.364 e. The monoisotopic (exact) mass is 343 g/mol. The summed E-state index contributed by atoms with van der Waals surface area (Å²) in [7, 11) is 0. The molecule has 0 amide bonds. The quantitative estimate of drug-likeness (QED) is 0.620. The van der Waals surface area contributed by atoms with Gasteiger partial charge in [0.2, 0.25) is 0 Å². The Bertz CT molecular complexity index is 749. The average Bonchev–Trinajstić information content (AvgIpc) is 3.15. The highest BCUT2D eigenvalue weighted by Crippen LogP contribution is 2.30. The molecule has 1 unspecified atom stereocenters. The van der Waals surface area contributed by atoms with E-state index in [1.54, 1.807) is 0 Å². The van der Waals surface area contributed by atoms with E-state index in [1.807, 2.05) is 0 Å². The highest BCUT2D eigenvalue weighted by Gasteiger charge is 2.27. The maximum atomic E-state index is 6.61. The van der Waals surface area contributed by atoms with Crippen LogP contribution in [0.15, 0.2) is 91.0 Å². The molecule has 132 valence electrons. The minimum Gasteiger partial charge on any atom is -0.364 e. The number of hydrogen-bond acceptors (Lipinski definition) is 2. The molecule has 1 aliphatic rings. The van der Waals surface area contributed by atoms with Gasteiger partial charge in [-0.05, 0) is 23.1 Å². The predicted molar refractivity (Wildman–Crippen MR) is 106 cm³/mol. The van der Waals surface area contributed by atoms with Crippen LogP contribution in [0.25, 0.3) is 0 Å². The van der Waals surface area contributed by atoms with E-state index in [0.717, 1.165) is 26.1 Å². The van der Waals surface area contributed by atoms with E-state index in [0.29, 0.717) is 0 Å². The van der Waals surface area contributed by atoms with Crippen molar-refractivity contribution in [2.24, 2.45) is 0 Å². The Morgan fingerprint density at radius 2 is 1.31 bits per heavy atom. The second kappa shape index (κ2) is 8.31. The summed E-state index contributed by atoms with van der Waals surface area (Å²) in [6, 6.07) is 31.8. The Hall–Kier alpha value is -2.42. The van der Waals surface area contributed by atoms with Gasteiger partial charge in [0.05, 0.1) is 6.10 Å². The molecule has 2 nitrogen and oxygen atoms in total. The van der Waals surface area contributed by atoms with Crippen molar-refractivity contribution < 1.29 is 4.74 Å². The Balaban J connectivity index is 1.45. The maximum absolute atomic E-state index is 6.61. The molecular formula is C24H25NO. The molecule has 1 heterocycles. The van der Waals surface area contributed by atoms with Crippen molar-refractivity contribution in [1.82, 2.24) is 4.90 Å².